The van der Waals surface area contributed by atoms with Crippen LogP contribution in [0.5, 0.6) is 0 Å². The number of hydrogen-bond acceptors (Lipinski definition) is 4. The van der Waals surface area contributed by atoms with Crippen molar-refractivity contribution >= 4 is 37.7 Å². The molecule has 21 heavy (non-hydrogen) atoms. The summed E-state index contributed by atoms with van der Waals surface area (Å²) in [5, 5.41) is 0.362. The Hall–Kier alpha value is -0.0800. The second-order valence-corrected chi connectivity index (χ2v) is 8.95. The van der Waals surface area contributed by atoms with Gasteiger partial charge >= 0.3 is 0 Å². The van der Waals surface area contributed by atoms with Crippen LogP contribution in [0.3, 0.4) is 0 Å². The smallest absolute Gasteiger partial charge is 0.241 e. The molecule has 0 radical (unpaired) electrons. The van der Waals surface area contributed by atoms with Crippen molar-refractivity contribution in [2.75, 3.05) is 6.26 Å². The average Bonchev–Trinajstić information content (AvgIpc) is 2.87. The predicted octanol–water partition coefficient (Wildman–Crippen LogP) is 2.78. The van der Waals surface area contributed by atoms with E-state index in [1.165, 1.54) is 0 Å². The minimum absolute atomic E-state index is 0.0182. The predicted molar refractivity (Wildman–Crippen MR) is 92.0 cm³/mol. The van der Waals surface area contributed by atoms with Gasteiger partial charge in [-0.3, -0.25) is 0 Å². The first-order valence-corrected chi connectivity index (χ1v) is 10.5. The zero-order chi connectivity index (χ0) is 15.6. The Bertz CT molecular complexity index is 620. The molecule has 1 aliphatic rings. The van der Waals surface area contributed by atoms with Gasteiger partial charge in [0.15, 0.2) is 0 Å². The number of hydrogen-bond donors (Lipinski definition) is 2. The second kappa shape index (κ2) is 7.00. The summed E-state index contributed by atoms with van der Waals surface area (Å²) < 4.78 is 29.1. The summed E-state index contributed by atoms with van der Waals surface area (Å²) in [7, 11) is -3.52. The van der Waals surface area contributed by atoms with Gasteiger partial charge in [-0.15, -0.1) is 0 Å². The maximum absolute atomic E-state index is 12.7. The van der Waals surface area contributed by atoms with Crippen LogP contribution in [0.1, 0.15) is 30.4 Å². The van der Waals surface area contributed by atoms with Crippen LogP contribution in [0.2, 0.25) is 0 Å². The minimum Gasteiger partial charge on any atom is -0.326 e. The van der Waals surface area contributed by atoms with E-state index in [1.807, 2.05) is 12.3 Å². The summed E-state index contributed by atoms with van der Waals surface area (Å²) >= 11 is 5.15. The molecular formula is C14H21BrN2O2S2. The lowest BCUT2D eigenvalue weighted by Crippen LogP contribution is -2.38. The van der Waals surface area contributed by atoms with Gasteiger partial charge in [0.25, 0.3) is 0 Å². The van der Waals surface area contributed by atoms with Crippen LogP contribution in [0, 0.1) is 6.92 Å². The van der Waals surface area contributed by atoms with E-state index < -0.39 is 10.0 Å². The first-order valence-electron chi connectivity index (χ1n) is 6.93. The second-order valence-electron chi connectivity index (χ2n) is 5.34. The van der Waals surface area contributed by atoms with Gasteiger partial charge in [0.05, 0.1) is 4.90 Å². The van der Waals surface area contributed by atoms with Gasteiger partial charge in [0.1, 0.15) is 0 Å². The molecule has 1 aliphatic carbocycles. The van der Waals surface area contributed by atoms with Gasteiger partial charge in [-0.05, 0) is 49.3 Å². The summed E-state index contributed by atoms with van der Waals surface area (Å²) in [4.78, 5) is 0.323. The molecule has 2 rings (SSSR count). The monoisotopic (exact) mass is 392 g/mol. The highest BCUT2D eigenvalue weighted by Crippen LogP contribution is 2.31. The van der Waals surface area contributed by atoms with Crippen molar-refractivity contribution in [1.29, 1.82) is 0 Å². The van der Waals surface area contributed by atoms with Crippen LogP contribution in [-0.2, 0) is 16.6 Å². The molecule has 2 unspecified atom stereocenters. The molecule has 118 valence electrons. The molecule has 0 amide bonds. The zero-order valence-electron chi connectivity index (χ0n) is 12.2. The topological polar surface area (TPSA) is 72.2 Å². The van der Waals surface area contributed by atoms with Crippen LogP contribution >= 0.6 is 27.7 Å². The quantitative estimate of drug-likeness (QED) is 0.807. The van der Waals surface area contributed by atoms with E-state index in [4.69, 9.17) is 5.73 Å². The van der Waals surface area contributed by atoms with Crippen LogP contribution in [-0.4, -0.2) is 26.0 Å². The SMILES string of the molecule is CSC1CCCC1NS(=O)(=O)c1cc(CN)cc(Br)c1C. The van der Waals surface area contributed by atoms with Gasteiger partial charge in [-0.1, -0.05) is 22.4 Å². The molecule has 0 bridgehead atoms. The standard InChI is InChI=1S/C14H21BrN2O2S2/c1-9-11(15)6-10(8-16)7-14(9)21(18,19)17-12-4-3-5-13(12)20-2/h6-7,12-13,17H,3-5,8,16H2,1-2H3. The number of nitrogens with one attached hydrogen (secondary N) is 1. The third-order valence-corrected chi connectivity index (χ3v) is 7.55. The first kappa shape index (κ1) is 17.3. The van der Waals surface area contributed by atoms with E-state index in [0.29, 0.717) is 16.7 Å². The van der Waals surface area contributed by atoms with Gasteiger partial charge in [-0.2, -0.15) is 11.8 Å². The molecule has 0 aromatic heterocycles. The van der Waals surface area contributed by atoms with E-state index in [2.05, 4.69) is 20.7 Å². The Morgan fingerprint density at radius 3 is 2.76 bits per heavy atom. The van der Waals surface area contributed by atoms with E-state index in [9.17, 15) is 8.42 Å². The molecule has 1 saturated carbocycles. The Labute approximate surface area is 139 Å². The number of thioether (sulfide) groups is 1. The Kier molecular flexibility index (Phi) is 5.76. The fourth-order valence-corrected chi connectivity index (χ4v) is 6.00. The highest BCUT2D eigenvalue weighted by Gasteiger charge is 2.31. The van der Waals surface area contributed by atoms with Gasteiger partial charge in [-0.25, -0.2) is 13.1 Å². The van der Waals surface area contributed by atoms with Crippen LogP contribution in [0.25, 0.3) is 0 Å². The highest BCUT2D eigenvalue weighted by molar-refractivity contribution is 9.10. The lowest BCUT2D eigenvalue weighted by atomic mass is 10.1. The molecule has 2 atom stereocenters. The minimum atomic E-state index is -3.52. The van der Waals surface area contributed by atoms with Gasteiger partial charge < -0.3 is 5.73 Å². The fourth-order valence-electron chi connectivity index (χ4n) is 2.71. The zero-order valence-corrected chi connectivity index (χ0v) is 15.4. The molecule has 0 saturated heterocycles. The molecule has 0 aliphatic heterocycles. The van der Waals surface area contributed by atoms with Gasteiger partial charge in [0.2, 0.25) is 10.0 Å². The van der Waals surface area contributed by atoms with Crippen molar-refractivity contribution in [2.24, 2.45) is 5.73 Å². The first-order chi connectivity index (χ1) is 9.89. The third kappa shape index (κ3) is 3.82. The summed E-state index contributed by atoms with van der Waals surface area (Å²) in [5.41, 5.74) is 7.18. The van der Waals surface area contributed by atoms with Crippen molar-refractivity contribution in [2.45, 2.75) is 48.9 Å². The Morgan fingerprint density at radius 2 is 2.14 bits per heavy atom. The largest absolute Gasteiger partial charge is 0.326 e. The number of benzene rings is 1. The Balaban J connectivity index is 2.33. The summed E-state index contributed by atoms with van der Waals surface area (Å²) in [6, 6.07) is 3.56. The molecule has 1 aromatic carbocycles. The van der Waals surface area contributed by atoms with E-state index in [0.717, 1.165) is 34.9 Å². The number of rotatable bonds is 5. The fraction of sp³-hybridized carbons (Fsp3) is 0.571. The molecule has 7 heteroatoms. The maximum atomic E-state index is 12.7. The summed E-state index contributed by atoms with van der Waals surface area (Å²) in [5.74, 6) is 0. The van der Waals surface area contributed by atoms with Gasteiger partial charge in [0, 0.05) is 22.3 Å². The average molecular weight is 393 g/mol. The number of nitrogens with two attached hydrogens (primary N) is 1. The molecule has 3 N–H and O–H groups in total. The van der Waals surface area contributed by atoms with E-state index >= 15 is 0 Å². The van der Waals surface area contributed by atoms with Crippen molar-refractivity contribution < 1.29 is 8.42 Å². The maximum Gasteiger partial charge on any atom is 0.241 e. The molecule has 0 spiro atoms. The van der Waals surface area contributed by atoms with E-state index in [1.54, 1.807) is 24.8 Å². The van der Waals surface area contributed by atoms with Crippen LogP contribution < -0.4 is 10.5 Å². The van der Waals surface area contributed by atoms with Crippen LogP contribution in [0.4, 0.5) is 0 Å². The Morgan fingerprint density at radius 1 is 1.43 bits per heavy atom. The molecule has 1 fully saturated rings. The van der Waals surface area contributed by atoms with Crippen molar-refractivity contribution in [3.63, 3.8) is 0 Å². The molecule has 4 nitrogen and oxygen atoms in total. The highest BCUT2D eigenvalue weighted by atomic mass is 79.9. The van der Waals surface area contributed by atoms with Crippen LogP contribution in [0.15, 0.2) is 21.5 Å². The lowest BCUT2D eigenvalue weighted by Gasteiger charge is -2.20. The summed E-state index contributed by atoms with van der Waals surface area (Å²) in [6.45, 7) is 2.12. The third-order valence-electron chi connectivity index (χ3n) is 3.94. The van der Waals surface area contributed by atoms with Crippen molar-refractivity contribution in [3.8, 4) is 0 Å². The van der Waals surface area contributed by atoms with Crippen molar-refractivity contribution in [1.82, 2.24) is 4.72 Å². The normalized spacial score (nSPS) is 22.7. The number of sulfonamides is 1. The lowest BCUT2D eigenvalue weighted by molar-refractivity contribution is 0.554. The van der Waals surface area contributed by atoms with E-state index in [-0.39, 0.29) is 6.04 Å². The molecule has 0 heterocycles. The summed E-state index contributed by atoms with van der Waals surface area (Å²) in [6.07, 6.45) is 5.08. The molecular weight excluding hydrogens is 372 g/mol. The van der Waals surface area contributed by atoms with Crippen molar-refractivity contribution in [3.05, 3.63) is 27.7 Å². The number of halogens is 1. The molecule has 1 aromatic rings.